The van der Waals surface area contributed by atoms with Crippen LogP contribution in [0.5, 0.6) is 17.2 Å². The van der Waals surface area contributed by atoms with E-state index in [4.69, 9.17) is 18.9 Å². The summed E-state index contributed by atoms with van der Waals surface area (Å²) in [4.78, 5) is 11.1. The number of nitrogens with one attached hydrogen (secondary N) is 2. The Morgan fingerprint density at radius 2 is 1.68 bits per heavy atom. The minimum Gasteiger partial charge on any atom is -0.493 e. The molecule has 0 bridgehead atoms. The van der Waals surface area contributed by atoms with E-state index in [-0.39, 0.29) is 36.2 Å². The Kier molecular flexibility index (Phi) is 11.8. The zero-order chi connectivity index (χ0) is 28.9. The molecule has 1 saturated heterocycles. The van der Waals surface area contributed by atoms with Crippen molar-refractivity contribution >= 4 is 5.91 Å². The van der Waals surface area contributed by atoms with Crippen molar-refractivity contribution in [1.82, 2.24) is 10.6 Å². The SMILES string of the molecule is CC(=O)NCCc1ccc(F)cc1OCCOC1CNCCC1c1ccc(OCCCOc2cccc(F)c2)cc1. The van der Waals surface area contributed by atoms with E-state index in [1.807, 2.05) is 12.1 Å². The highest BCUT2D eigenvalue weighted by atomic mass is 19.1. The van der Waals surface area contributed by atoms with Crippen LogP contribution < -0.4 is 24.8 Å². The minimum absolute atomic E-state index is 0.0224. The topological polar surface area (TPSA) is 78.1 Å². The zero-order valence-electron chi connectivity index (χ0n) is 23.4. The van der Waals surface area contributed by atoms with Gasteiger partial charge in [-0.15, -0.1) is 0 Å². The van der Waals surface area contributed by atoms with Crippen molar-refractivity contribution in [2.75, 3.05) is 46.1 Å². The highest BCUT2D eigenvalue weighted by molar-refractivity contribution is 5.72. The van der Waals surface area contributed by atoms with Crippen LogP contribution in [0.25, 0.3) is 0 Å². The third-order valence-electron chi connectivity index (χ3n) is 6.83. The predicted molar refractivity (Wildman–Crippen MR) is 153 cm³/mol. The molecule has 1 amide bonds. The van der Waals surface area contributed by atoms with Crippen molar-refractivity contribution in [2.45, 2.75) is 38.2 Å². The largest absolute Gasteiger partial charge is 0.493 e. The molecule has 2 N–H and O–H groups in total. The van der Waals surface area contributed by atoms with Crippen LogP contribution in [-0.4, -0.2) is 58.1 Å². The summed E-state index contributed by atoms with van der Waals surface area (Å²) < 4.78 is 50.5. The van der Waals surface area contributed by atoms with Gasteiger partial charge in [0.05, 0.1) is 25.9 Å². The number of benzene rings is 3. The smallest absolute Gasteiger partial charge is 0.216 e. The van der Waals surface area contributed by atoms with Gasteiger partial charge in [-0.2, -0.15) is 0 Å². The average molecular weight is 569 g/mol. The van der Waals surface area contributed by atoms with Gasteiger partial charge in [-0.1, -0.05) is 24.3 Å². The van der Waals surface area contributed by atoms with Crippen LogP contribution >= 0.6 is 0 Å². The minimum atomic E-state index is -0.370. The van der Waals surface area contributed by atoms with Crippen LogP contribution in [0.2, 0.25) is 0 Å². The van der Waals surface area contributed by atoms with Gasteiger partial charge in [0.2, 0.25) is 5.91 Å². The Bertz CT molecular complexity index is 1240. The van der Waals surface area contributed by atoms with Gasteiger partial charge >= 0.3 is 0 Å². The summed E-state index contributed by atoms with van der Waals surface area (Å²) in [6.07, 6.45) is 2.15. The molecule has 1 fully saturated rings. The standard InChI is InChI=1S/C32H38F2N2O5/c1-23(37)36-15-12-25-6-9-27(34)21-31(25)40-18-19-41-32-22-35-14-13-30(32)24-7-10-28(11-8-24)38-16-3-17-39-29-5-2-4-26(33)20-29/h2,4-11,20-21,30,32,35H,3,12-19,22H2,1H3,(H,36,37). The number of rotatable bonds is 15. The number of carbonyl (C=O) groups excluding carboxylic acids is 1. The molecule has 3 aromatic carbocycles. The van der Waals surface area contributed by atoms with Gasteiger partial charge in [0, 0.05) is 44.5 Å². The fraction of sp³-hybridized carbons (Fsp3) is 0.406. The first-order valence-electron chi connectivity index (χ1n) is 14.1. The maximum Gasteiger partial charge on any atom is 0.216 e. The molecular weight excluding hydrogens is 530 g/mol. The van der Waals surface area contributed by atoms with Crippen LogP contribution in [0, 0.1) is 11.6 Å². The lowest BCUT2D eigenvalue weighted by Gasteiger charge is -2.32. The molecular formula is C32H38F2N2O5. The summed E-state index contributed by atoms with van der Waals surface area (Å²) in [5.74, 6) is 1.19. The second-order valence-electron chi connectivity index (χ2n) is 9.92. The molecule has 1 heterocycles. The van der Waals surface area contributed by atoms with Gasteiger partial charge < -0.3 is 29.6 Å². The van der Waals surface area contributed by atoms with E-state index in [9.17, 15) is 13.6 Å². The second kappa shape index (κ2) is 15.9. The third kappa shape index (κ3) is 10.0. The Labute approximate surface area is 240 Å². The first kappa shape index (κ1) is 30.3. The van der Waals surface area contributed by atoms with E-state index in [1.165, 1.54) is 36.8 Å². The Morgan fingerprint density at radius 1 is 0.902 bits per heavy atom. The maximum atomic E-state index is 13.8. The number of halogens is 2. The van der Waals surface area contributed by atoms with E-state index < -0.39 is 0 Å². The van der Waals surface area contributed by atoms with E-state index in [0.29, 0.717) is 50.7 Å². The summed E-state index contributed by atoms with van der Waals surface area (Å²) in [6.45, 7) is 5.15. The lowest BCUT2D eigenvalue weighted by Crippen LogP contribution is -2.41. The Morgan fingerprint density at radius 3 is 2.46 bits per heavy atom. The molecule has 2 unspecified atom stereocenters. The molecule has 9 heteroatoms. The van der Waals surface area contributed by atoms with Gasteiger partial charge in [0.1, 0.15) is 35.5 Å². The molecule has 2 atom stereocenters. The van der Waals surface area contributed by atoms with Crippen LogP contribution in [0.4, 0.5) is 8.78 Å². The van der Waals surface area contributed by atoms with Crippen molar-refractivity contribution in [2.24, 2.45) is 0 Å². The van der Waals surface area contributed by atoms with Gasteiger partial charge in [0.15, 0.2) is 0 Å². The molecule has 220 valence electrons. The van der Waals surface area contributed by atoms with Gasteiger partial charge in [-0.25, -0.2) is 8.78 Å². The molecule has 1 aliphatic rings. The molecule has 3 aromatic rings. The van der Waals surface area contributed by atoms with E-state index in [1.54, 1.807) is 18.2 Å². The first-order valence-corrected chi connectivity index (χ1v) is 14.1. The number of hydrogen-bond acceptors (Lipinski definition) is 6. The molecule has 7 nitrogen and oxygen atoms in total. The lowest BCUT2D eigenvalue weighted by molar-refractivity contribution is -0.118. The van der Waals surface area contributed by atoms with E-state index in [0.717, 1.165) is 30.8 Å². The maximum absolute atomic E-state index is 13.8. The average Bonchev–Trinajstić information content (AvgIpc) is 2.97. The van der Waals surface area contributed by atoms with Crippen LogP contribution in [0.3, 0.4) is 0 Å². The summed E-state index contributed by atoms with van der Waals surface area (Å²) in [5.41, 5.74) is 2.02. The van der Waals surface area contributed by atoms with E-state index in [2.05, 4.69) is 22.8 Å². The fourth-order valence-corrected chi connectivity index (χ4v) is 4.79. The summed E-state index contributed by atoms with van der Waals surface area (Å²) in [6, 6.07) is 18.6. The van der Waals surface area contributed by atoms with Gasteiger partial charge in [-0.05, 0) is 60.8 Å². The van der Waals surface area contributed by atoms with Crippen LogP contribution in [0.1, 0.15) is 36.8 Å². The van der Waals surface area contributed by atoms with Gasteiger partial charge in [0.25, 0.3) is 0 Å². The predicted octanol–water partition coefficient (Wildman–Crippen LogP) is 5.03. The van der Waals surface area contributed by atoms with Crippen molar-refractivity contribution in [3.05, 3.63) is 89.5 Å². The Hall–Kier alpha value is -3.69. The number of amides is 1. The molecule has 1 aliphatic heterocycles. The number of carbonyl (C=O) groups is 1. The van der Waals surface area contributed by atoms with Crippen molar-refractivity contribution in [3.63, 3.8) is 0 Å². The lowest BCUT2D eigenvalue weighted by atomic mass is 9.88. The molecule has 4 rings (SSSR count). The second-order valence-corrected chi connectivity index (χ2v) is 9.92. The molecule has 0 aromatic heterocycles. The number of hydrogen-bond donors (Lipinski definition) is 2. The van der Waals surface area contributed by atoms with Crippen LogP contribution in [0.15, 0.2) is 66.7 Å². The third-order valence-corrected chi connectivity index (χ3v) is 6.83. The number of piperidine rings is 1. The van der Waals surface area contributed by atoms with Crippen LogP contribution in [-0.2, 0) is 16.0 Å². The van der Waals surface area contributed by atoms with Crippen molar-refractivity contribution in [1.29, 1.82) is 0 Å². The van der Waals surface area contributed by atoms with Crippen molar-refractivity contribution < 1.29 is 32.5 Å². The summed E-state index contributed by atoms with van der Waals surface area (Å²) in [7, 11) is 0. The molecule has 0 aliphatic carbocycles. The molecule has 0 spiro atoms. The molecule has 0 saturated carbocycles. The highest BCUT2D eigenvalue weighted by Gasteiger charge is 2.27. The first-order chi connectivity index (χ1) is 20.0. The molecule has 41 heavy (non-hydrogen) atoms. The highest BCUT2D eigenvalue weighted by Crippen LogP contribution is 2.29. The quantitative estimate of drug-likeness (QED) is 0.251. The van der Waals surface area contributed by atoms with E-state index >= 15 is 0 Å². The zero-order valence-corrected chi connectivity index (χ0v) is 23.4. The van der Waals surface area contributed by atoms with Crippen molar-refractivity contribution in [3.8, 4) is 17.2 Å². The Balaban J connectivity index is 1.20. The number of ether oxygens (including phenoxy) is 4. The normalized spacial score (nSPS) is 16.7. The van der Waals surface area contributed by atoms with Gasteiger partial charge in [-0.3, -0.25) is 4.79 Å². The summed E-state index contributed by atoms with van der Waals surface area (Å²) in [5, 5.41) is 6.15. The fourth-order valence-electron chi connectivity index (χ4n) is 4.79. The molecule has 0 radical (unpaired) electrons. The monoisotopic (exact) mass is 568 g/mol. The summed E-state index contributed by atoms with van der Waals surface area (Å²) >= 11 is 0.